The number of aryl methyl sites for hydroxylation is 2. The van der Waals surface area contributed by atoms with Gasteiger partial charge in [0.1, 0.15) is 5.75 Å². The lowest BCUT2D eigenvalue weighted by molar-refractivity contribution is 0.386. The van der Waals surface area contributed by atoms with Gasteiger partial charge in [-0.15, -0.1) is 0 Å². The van der Waals surface area contributed by atoms with Crippen LogP contribution >= 0.6 is 11.8 Å². The first-order valence-electron chi connectivity index (χ1n) is 8.61. The van der Waals surface area contributed by atoms with Crippen LogP contribution in [0.25, 0.3) is 10.9 Å². The molecule has 0 saturated carbocycles. The van der Waals surface area contributed by atoms with Gasteiger partial charge in [-0.1, -0.05) is 0 Å². The van der Waals surface area contributed by atoms with Gasteiger partial charge in [-0.25, -0.2) is 0 Å². The highest BCUT2D eigenvalue weighted by atomic mass is 32.2. The highest BCUT2D eigenvalue weighted by Crippen LogP contribution is 2.33. The van der Waals surface area contributed by atoms with Crippen LogP contribution in [-0.2, 0) is 19.4 Å². The largest absolute Gasteiger partial charge is 0.497 e. The highest BCUT2D eigenvalue weighted by Gasteiger charge is 2.18. The third-order valence-electron chi connectivity index (χ3n) is 4.68. The number of aromatic nitrogens is 1. The fraction of sp³-hybridized carbons (Fsp3) is 0.579. The van der Waals surface area contributed by atoms with Gasteiger partial charge < -0.3 is 14.2 Å². The van der Waals surface area contributed by atoms with Crippen LogP contribution in [0.2, 0.25) is 0 Å². The first-order chi connectivity index (χ1) is 11.2. The molecule has 3 rings (SSSR count). The van der Waals surface area contributed by atoms with E-state index in [0.29, 0.717) is 0 Å². The zero-order valence-corrected chi connectivity index (χ0v) is 15.4. The summed E-state index contributed by atoms with van der Waals surface area (Å²) in [5, 5.41) is 1.41. The fourth-order valence-electron chi connectivity index (χ4n) is 3.57. The smallest absolute Gasteiger partial charge is 0.119 e. The molecule has 2 heterocycles. The van der Waals surface area contributed by atoms with Gasteiger partial charge in [-0.3, -0.25) is 0 Å². The molecule has 0 bridgehead atoms. The first kappa shape index (κ1) is 16.7. The molecule has 1 aromatic carbocycles. The summed E-state index contributed by atoms with van der Waals surface area (Å²) in [6.45, 7) is 2.25. The van der Waals surface area contributed by atoms with E-state index in [0.717, 1.165) is 18.8 Å². The van der Waals surface area contributed by atoms with Gasteiger partial charge in [0, 0.05) is 23.1 Å². The van der Waals surface area contributed by atoms with Crippen molar-refractivity contribution in [3.8, 4) is 5.75 Å². The molecule has 2 aromatic rings. The van der Waals surface area contributed by atoms with Crippen molar-refractivity contribution in [2.24, 2.45) is 0 Å². The molecule has 3 nitrogen and oxygen atoms in total. The lowest BCUT2D eigenvalue weighted by Crippen LogP contribution is -2.16. The Bertz CT molecular complexity index is 663. The summed E-state index contributed by atoms with van der Waals surface area (Å²) in [7, 11) is 6.07. The molecule has 4 heteroatoms. The molecular weight excluding hydrogens is 304 g/mol. The predicted molar refractivity (Wildman–Crippen MR) is 101 cm³/mol. The Balaban J connectivity index is 2.03. The lowest BCUT2D eigenvalue weighted by Gasteiger charge is -2.16. The molecular formula is C19H28N2OS. The van der Waals surface area contributed by atoms with Crippen LogP contribution in [0.5, 0.6) is 5.75 Å². The van der Waals surface area contributed by atoms with Crippen molar-refractivity contribution >= 4 is 22.7 Å². The van der Waals surface area contributed by atoms with Crippen LogP contribution in [0.15, 0.2) is 18.2 Å². The Morgan fingerprint density at radius 3 is 2.87 bits per heavy atom. The summed E-state index contributed by atoms with van der Waals surface area (Å²) in [5.41, 5.74) is 4.53. The van der Waals surface area contributed by atoms with E-state index in [4.69, 9.17) is 4.74 Å². The zero-order valence-electron chi connectivity index (χ0n) is 14.6. The molecule has 0 unspecified atom stereocenters. The van der Waals surface area contributed by atoms with Gasteiger partial charge in [0.2, 0.25) is 0 Å². The molecule has 1 aliphatic rings. The Kier molecular flexibility index (Phi) is 5.54. The van der Waals surface area contributed by atoms with E-state index < -0.39 is 0 Å². The number of benzene rings is 1. The summed E-state index contributed by atoms with van der Waals surface area (Å²) >= 11 is 2.10. The monoisotopic (exact) mass is 332 g/mol. The molecule has 0 amide bonds. The molecule has 1 aromatic heterocycles. The highest BCUT2D eigenvalue weighted by molar-refractivity contribution is 7.99. The van der Waals surface area contributed by atoms with Crippen molar-refractivity contribution < 1.29 is 4.74 Å². The minimum Gasteiger partial charge on any atom is -0.497 e. The number of rotatable bonds is 5. The maximum absolute atomic E-state index is 5.47. The van der Waals surface area contributed by atoms with E-state index in [1.807, 2.05) is 0 Å². The van der Waals surface area contributed by atoms with E-state index in [1.54, 1.807) is 18.4 Å². The molecule has 0 aliphatic carbocycles. The van der Waals surface area contributed by atoms with Gasteiger partial charge in [0.15, 0.2) is 0 Å². The summed E-state index contributed by atoms with van der Waals surface area (Å²) in [6, 6.07) is 6.59. The number of hydrogen-bond donors (Lipinski definition) is 0. The third kappa shape index (κ3) is 3.69. The van der Waals surface area contributed by atoms with E-state index in [1.165, 1.54) is 48.1 Å². The Morgan fingerprint density at radius 2 is 2.09 bits per heavy atom. The second-order valence-electron chi connectivity index (χ2n) is 6.58. The molecule has 0 spiro atoms. The number of hydrogen-bond acceptors (Lipinski definition) is 3. The second kappa shape index (κ2) is 7.63. The summed E-state index contributed by atoms with van der Waals surface area (Å²) in [4.78, 5) is 2.27. The van der Waals surface area contributed by atoms with E-state index in [9.17, 15) is 0 Å². The van der Waals surface area contributed by atoms with Crippen molar-refractivity contribution in [1.82, 2.24) is 9.47 Å². The van der Waals surface area contributed by atoms with Crippen LogP contribution in [0.1, 0.15) is 24.1 Å². The lowest BCUT2D eigenvalue weighted by atomic mass is 10.1. The predicted octanol–water partition coefficient (Wildman–Crippen LogP) is 3.82. The van der Waals surface area contributed by atoms with E-state index in [-0.39, 0.29) is 0 Å². The van der Waals surface area contributed by atoms with Gasteiger partial charge in [0.05, 0.1) is 7.11 Å². The summed E-state index contributed by atoms with van der Waals surface area (Å²) in [6.07, 6.45) is 4.88. The van der Waals surface area contributed by atoms with Crippen LogP contribution < -0.4 is 4.74 Å². The zero-order chi connectivity index (χ0) is 16.2. The average molecular weight is 333 g/mol. The third-order valence-corrected chi connectivity index (χ3v) is 5.75. The van der Waals surface area contributed by atoms with Crippen molar-refractivity contribution in [1.29, 1.82) is 0 Å². The van der Waals surface area contributed by atoms with Crippen molar-refractivity contribution in [2.45, 2.75) is 32.2 Å². The summed E-state index contributed by atoms with van der Waals surface area (Å²) in [5.74, 6) is 3.50. The van der Waals surface area contributed by atoms with Crippen molar-refractivity contribution in [3.05, 3.63) is 29.5 Å². The molecule has 0 N–H and O–H groups in total. The van der Waals surface area contributed by atoms with Crippen LogP contribution in [0, 0.1) is 0 Å². The number of nitrogens with zero attached hydrogens (tertiary/aromatic N) is 2. The number of ether oxygens (including phenoxy) is 1. The Hall–Kier alpha value is -1.13. The first-order valence-corrected chi connectivity index (χ1v) is 9.76. The second-order valence-corrected chi connectivity index (χ2v) is 7.81. The maximum atomic E-state index is 5.47. The van der Waals surface area contributed by atoms with Crippen molar-refractivity contribution in [2.75, 3.05) is 39.3 Å². The fourth-order valence-corrected chi connectivity index (χ4v) is 4.47. The van der Waals surface area contributed by atoms with Crippen LogP contribution in [0.3, 0.4) is 0 Å². The van der Waals surface area contributed by atoms with Crippen LogP contribution in [0.4, 0.5) is 0 Å². The number of thioether (sulfide) groups is 1. The maximum Gasteiger partial charge on any atom is 0.119 e. The molecule has 23 heavy (non-hydrogen) atoms. The quantitative estimate of drug-likeness (QED) is 0.829. The van der Waals surface area contributed by atoms with Gasteiger partial charge in [-0.05, 0) is 81.6 Å². The van der Waals surface area contributed by atoms with Gasteiger partial charge in [-0.2, -0.15) is 11.8 Å². The van der Waals surface area contributed by atoms with Crippen LogP contribution in [-0.4, -0.2) is 48.7 Å². The minimum absolute atomic E-state index is 0.973. The average Bonchev–Trinajstić information content (AvgIpc) is 2.78. The number of fused-ring (bicyclic) bond motifs is 3. The van der Waals surface area contributed by atoms with E-state index in [2.05, 4.69) is 53.5 Å². The standard InChI is InChI=1S/C19H28N2OS/c1-20(2)10-5-11-21-18-6-4-12-23-13-9-16(18)17-14-15(22-3)7-8-19(17)21/h7-8,14H,4-6,9-13H2,1-3H3. The molecule has 1 aliphatic heterocycles. The number of methoxy groups -OCH3 is 1. The summed E-state index contributed by atoms with van der Waals surface area (Å²) < 4.78 is 8.06. The minimum atomic E-state index is 0.973. The molecule has 0 saturated heterocycles. The Labute approximate surface area is 144 Å². The topological polar surface area (TPSA) is 17.4 Å². The van der Waals surface area contributed by atoms with Gasteiger partial charge >= 0.3 is 0 Å². The SMILES string of the molecule is COc1ccc2c(c1)c1c(n2CCCN(C)C)CCCSCC1. The van der Waals surface area contributed by atoms with Crippen molar-refractivity contribution in [3.63, 3.8) is 0 Å². The van der Waals surface area contributed by atoms with E-state index >= 15 is 0 Å². The van der Waals surface area contributed by atoms with Gasteiger partial charge in [0.25, 0.3) is 0 Å². The normalized spacial score (nSPS) is 15.5. The molecule has 0 fully saturated rings. The Morgan fingerprint density at radius 1 is 1.22 bits per heavy atom. The molecule has 126 valence electrons. The molecule has 0 atom stereocenters. The molecule has 0 radical (unpaired) electrons.